The first kappa shape index (κ1) is 20.9. The van der Waals surface area contributed by atoms with Crippen LogP contribution in [0.2, 0.25) is 0 Å². The summed E-state index contributed by atoms with van der Waals surface area (Å²) in [5, 5.41) is 9.26. The Morgan fingerprint density at radius 3 is 2.50 bits per heavy atom. The smallest absolute Gasteiger partial charge is 0.335 e. The molecule has 3 aromatic carbocycles. The number of nitrogens with zero attached hydrogens (tertiary/aromatic N) is 2. The van der Waals surface area contributed by atoms with Gasteiger partial charge in [0.1, 0.15) is 11.6 Å². The number of aromatic nitrogens is 2. The van der Waals surface area contributed by atoms with Gasteiger partial charge in [-0.15, -0.1) is 0 Å². The minimum absolute atomic E-state index is 0.112. The van der Waals surface area contributed by atoms with Gasteiger partial charge in [0.05, 0.1) is 35.8 Å². The summed E-state index contributed by atoms with van der Waals surface area (Å²) in [6.07, 6.45) is 1.30. The van der Waals surface area contributed by atoms with Gasteiger partial charge in [0.2, 0.25) is 0 Å². The van der Waals surface area contributed by atoms with Crippen molar-refractivity contribution in [3.63, 3.8) is 0 Å². The molecule has 1 heterocycles. The molecule has 1 N–H and O–H groups in total. The number of halogens is 1. The summed E-state index contributed by atoms with van der Waals surface area (Å²) < 4.78 is 20.0. The Bertz CT molecular complexity index is 1380. The van der Waals surface area contributed by atoms with E-state index in [0.29, 0.717) is 11.1 Å². The molecule has 0 amide bonds. The predicted molar refractivity (Wildman–Crippen MR) is 114 cm³/mol. The van der Waals surface area contributed by atoms with Gasteiger partial charge in [0, 0.05) is 0 Å². The fourth-order valence-corrected chi connectivity index (χ4v) is 3.24. The first-order valence-electron chi connectivity index (χ1n) is 9.65. The van der Waals surface area contributed by atoms with Gasteiger partial charge in [-0.2, -0.15) is 0 Å². The first-order chi connectivity index (χ1) is 15.4. The van der Waals surface area contributed by atoms with E-state index < -0.39 is 17.8 Å². The van der Waals surface area contributed by atoms with Gasteiger partial charge in [0.25, 0.3) is 5.56 Å². The van der Waals surface area contributed by atoms with Crippen molar-refractivity contribution in [3.8, 4) is 5.75 Å². The SMILES string of the molecule is O=C(Cc1cccc(F)c1)Oc1ccc2ncn(Cc3ccc(C(=O)O)cc3)c(=O)c2c1. The van der Waals surface area contributed by atoms with E-state index in [4.69, 9.17) is 9.84 Å². The van der Waals surface area contributed by atoms with Crippen molar-refractivity contribution in [2.45, 2.75) is 13.0 Å². The molecule has 0 fully saturated rings. The van der Waals surface area contributed by atoms with E-state index >= 15 is 0 Å². The maximum Gasteiger partial charge on any atom is 0.335 e. The van der Waals surface area contributed by atoms with E-state index in [0.717, 1.165) is 5.56 Å². The highest BCUT2D eigenvalue weighted by Gasteiger charge is 2.11. The van der Waals surface area contributed by atoms with Crippen molar-refractivity contribution >= 4 is 22.8 Å². The molecule has 8 heteroatoms. The molecule has 7 nitrogen and oxygen atoms in total. The van der Waals surface area contributed by atoms with Crippen molar-refractivity contribution in [2.24, 2.45) is 0 Å². The van der Waals surface area contributed by atoms with Crippen LogP contribution < -0.4 is 10.3 Å². The summed E-state index contributed by atoms with van der Waals surface area (Å²) >= 11 is 0. The Kier molecular flexibility index (Phi) is 5.76. The zero-order valence-corrected chi connectivity index (χ0v) is 16.7. The van der Waals surface area contributed by atoms with Crippen LogP contribution in [0.5, 0.6) is 5.75 Å². The lowest BCUT2D eigenvalue weighted by Crippen LogP contribution is -2.21. The Balaban J connectivity index is 1.55. The minimum Gasteiger partial charge on any atom is -0.478 e. The van der Waals surface area contributed by atoms with Crippen LogP contribution >= 0.6 is 0 Å². The first-order valence-corrected chi connectivity index (χ1v) is 9.65. The zero-order valence-electron chi connectivity index (χ0n) is 16.7. The molecule has 0 unspecified atom stereocenters. The van der Waals surface area contributed by atoms with Crippen LogP contribution in [0.1, 0.15) is 21.5 Å². The van der Waals surface area contributed by atoms with Gasteiger partial charge in [-0.25, -0.2) is 14.2 Å². The number of carboxylic acid groups (broad SMARTS) is 1. The van der Waals surface area contributed by atoms with E-state index in [1.807, 2.05) is 0 Å². The second kappa shape index (κ2) is 8.81. The van der Waals surface area contributed by atoms with Crippen molar-refractivity contribution in [2.75, 3.05) is 0 Å². The number of aromatic carboxylic acids is 1. The van der Waals surface area contributed by atoms with Crippen LogP contribution in [0.15, 0.2) is 77.9 Å². The Morgan fingerprint density at radius 1 is 1.00 bits per heavy atom. The monoisotopic (exact) mass is 432 g/mol. The van der Waals surface area contributed by atoms with Gasteiger partial charge in [0.15, 0.2) is 0 Å². The van der Waals surface area contributed by atoms with Gasteiger partial charge >= 0.3 is 11.9 Å². The third kappa shape index (κ3) is 4.70. The van der Waals surface area contributed by atoms with E-state index in [2.05, 4.69) is 4.98 Å². The van der Waals surface area contributed by atoms with Crippen molar-refractivity contribution < 1.29 is 23.8 Å². The average molecular weight is 432 g/mol. The molecule has 0 aliphatic rings. The van der Waals surface area contributed by atoms with Crippen LogP contribution in [0.4, 0.5) is 4.39 Å². The molecule has 0 aliphatic heterocycles. The highest BCUT2D eigenvalue weighted by Crippen LogP contribution is 2.18. The number of carbonyl (C=O) groups excluding carboxylic acids is 1. The molecule has 0 aliphatic carbocycles. The molecule has 0 radical (unpaired) electrons. The second-order valence-corrected chi connectivity index (χ2v) is 7.14. The molecule has 32 heavy (non-hydrogen) atoms. The van der Waals surface area contributed by atoms with Crippen LogP contribution in [0.3, 0.4) is 0 Å². The summed E-state index contributed by atoms with van der Waals surface area (Å²) in [5.41, 5.74) is 1.48. The second-order valence-electron chi connectivity index (χ2n) is 7.14. The number of hydrogen-bond acceptors (Lipinski definition) is 5. The summed E-state index contributed by atoms with van der Waals surface area (Å²) in [4.78, 5) is 40.4. The summed E-state index contributed by atoms with van der Waals surface area (Å²) in [5.74, 6) is -1.87. The summed E-state index contributed by atoms with van der Waals surface area (Å²) in [6.45, 7) is 0.200. The molecule has 0 bridgehead atoms. The Hall–Kier alpha value is -4.33. The third-order valence-corrected chi connectivity index (χ3v) is 4.82. The number of esters is 1. The fraction of sp³-hybridized carbons (Fsp3) is 0.0833. The van der Waals surface area contributed by atoms with Gasteiger partial charge < -0.3 is 9.84 Å². The topological polar surface area (TPSA) is 98.5 Å². The molecular formula is C24H17FN2O5. The highest BCUT2D eigenvalue weighted by atomic mass is 19.1. The molecule has 0 saturated heterocycles. The molecule has 160 valence electrons. The molecule has 4 rings (SSSR count). The van der Waals surface area contributed by atoms with Crippen LogP contribution in [-0.2, 0) is 17.8 Å². The maximum absolute atomic E-state index is 13.3. The van der Waals surface area contributed by atoms with E-state index in [9.17, 15) is 18.8 Å². The van der Waals surface area contributed by atoms with Crippen molar-refractivity contribution in [1.29, 1.82) is 0 Å². The number of carbonyl (C=O) groups is 2. The average Bonchev–Trinajstić information content (AvgIpc) is 2.76. The quantitative estimate of drug-likeness (QED) is 0.370. The van der Waals surface area contributed by atoms with E-state index in [1.54, 1.807) is 24.3 Å². The highest BCUT2D eigenvalue weighted by molar-refractivity contribution is 5.87. The number of rotatable bonds is 6. The molecule has 1 aromatic heterocycles. The lowest BCUT2D eigenvalue weighted by Gasteiger charge is -2.09. The van der Waals surface area contributed by atoms with Crippen LogP contribution in [0.25, 0.3) is 10.9 Å². The molecular weight excluding hydrogens is 415 g/mol. The standard InChI is InChI=1S/C24H17FN2O5/c25-18-3-1-2-16(10-18)11-22(28)32-19-8-9-21-20(12-19)23(29)27(14-26-21)13-15-4-6-17(7-5-15)24(30)31/h1-10,12,14H,11,13H2,(H,30,31). The number of carboxylic acids is 1. The minimum atomic E-state index is -1.03. The molecule has 0 saturated carbocycles. The largest absolute Gasteiger partial charge is 0.478 e. The maximum atomic E-state index is 13.3. The van der Waals surface area contributed by atoms with Crippen molar-refractivity contribution in [3.05, 3.63) is 106 Å². The zero-order chi connectivity index (χ0) is 22.7. The summed E-state index contributed by atoms with van der Waals surface area (Å²) in [6, 6.07) is 16.4. The van der Waals surface area contributed by atoms with E-state index in [1.165, 1.54) is 53.4 Å². The third-order valence-electron chi connectivity index (χ3n) is 4.82. The number of ether oxygens (including phenoxy) is 1. The summed E-state index contributed by atoms with van der Waals surface area (Å²) in [7, 11) is 0. The lowest BCUT2D eigenvalue weighted by molar-refractivity contribution is -0.133. The van der Waals surface area contributed by atoms with Gasteiger partial charge in [-0.1, -0.05) is 24.3 Å². The lowest BCUT2D eigenvalue weighted by atomic mass is 10.1. The van der Waals surface area contributed by atoms with Gasteiger partial charge in [-0.3, -0.25) is 14.2 Å². The van der Waals surface area contributed by atoms with Gasteiger partial charge in [-0.05, 0) is 53.6 Å². The molecule has 4 aromatic rings. The molecule has 0 atom stereocenters. The predicted octanol–water partition coefficient (Wildman–Crippen LogP) is 3.43. The fourth-order valence-electron chi connectivity index (χ4n) is 3.24. The van der Waals surface area contributed by atoms with Crippen LogP contribution in [0, 0.1) is 5.82 Å². The normalized spacial score (nSPS) is 10.8. The van der Waals surface area contributed by atoms with Crippen molar-refractivity contribution in [1.82, 2.24) is 9.55 Å². The number of benzene rings is 3. The van der Waals surface area contributed by atoms with E-state index in [-0.39, 0.29) is 35.2 Å². The number of hydrogen-bond donors (Lipinski definition) is 1. The number of fused-ring (bicyclic) bond motifs is 1. The molecule has 0 spiro atoms. The Labute approximate surface area is 181 Å². The van der Waals surface area contributed by atoms with Crippen LogP contribution in [-0.4, -0.2) is 26.6 Å². The Morgan fingerprint density at radius 2 is 1.78 bits per heavy atom.